The highest BCUT2D eigenvalue weighted by molar-refractivity contribution is 5.95. The Labute approximate surface area is 122 Å². The summed E-state index contributed by atoms with van der Waals surface area (Å²) in [6.07, 6.45) is -2.56. The predicted molar refractivity (Wildman–Crippen MR) is 75.2 cm³/mol. The van der Waals surface area contributed by atoms with Crippen molar-refractivity contribution in [2.45, 2.75) is 31.9 Å². The van der Waals surface area contributed by atoms with Gasteiger partial charge < -0.3 is 4.90 Å². The van der Waals surface area contributed by atoms with Crippen LogP contribution in [0.4, 0.5) is 13.2 Å². The van der Waals surface area contributed by atoms with Crippen LogP contribution >= 0.6 is 0 Å². The lowest BCUT2D eigenvalue weighted by Crippen LogP contribution is -2.39. The molecule has 116 valence electrons. The van der Waals surface area contributed by atoms with Crippen LogP contribution in [0, 0.1) is 5.92 Å². The zero-order valence-electron chi connectivity index (χ0n) is 11.9. The first kappa shape index (κ1) is 16.0. The molecule has 0 unspecified atom stereocenters. The Balaban J connectivity index is 1.68. The summed E-state index contributed by atoms with van der Waals surface area (Å²) in [5, 5.41) is 0. The molecule has 1 aromatic rings. The van der Waals surface area contributed by atoms with Gasteiger partial charge in [-0.15, -0.1) is 0 Å². The largest absolute Gasteiger partial charge is 0.391 e. The van der Waals surface area contributed by atoms with Crippen LogP contribution in [0.5, 0.6) is 0 Å². The van der Waals surface area contributed by atoms with Crippen LogP contribution in [0.3, 0.4) is 0 Å². The second-order valence-electron chi connectivity index (χ2n) is 5.55. The number of nitrogens with zero attached hydrogens (tertiary/aromatic N) is 1. The summed E-state index contributed by atoms with van der Waals surface area (Å²) in [5.74, 6) is -1.06. The quantitative estimate of drug-likeness (QED) is 0.768. The third kappa shape index (κ3) is 4.84. The smallest absolute Gasteiger partial charge is 0.303 e. The third-order valence-electron chi connectivity index (χ3n) is 4.02. The van der Waals surface area contributed by atoms with Gasteiger partial charge in [-0.1, -0.05) is 30.3 Å². The molecule has 0 aliphatic carbocycles. The van der Waals surface area contributed by atoms with Crippen molar-refractivity contribution in [2.75, 3.05) is 19.6 Å². The van der Waals surface area contributed by atoms with Crippen molar-refractivity contribution in [3.8, 4) is 0 Å². The van der Waals surface area contributed by atoms with E-state index in [0.717, 1.165) is 0 Å². The van der Waals surface area contributed by atoms with E-state index < -0.39 is 12.1 Å². The summed E-state index contributed by atoms with van der Waals surface area (Å²) in [5.41, 5.74) is 0.702. The fraction of sp³-hybridized carbons (Fsp3) is 0.562. The van der Waals surface area contributed by atoms with Gasteiger partial charge in [0, 0.05) is 12.0 Å². The zero-order chi connectivity index (χ0) is 15.3. The van der Waals surface area contributed by atoms with Crippen molar-refractivity contribution in [3.05, 3.63) is 35.9 Å². The first-order valence-corrected chi connectivity index (χ1v) is 7.34. The number of Topliss-reactive ketones (excluding diaryl/α,β-unsaturated/α-hetero) is 1. The third-order valence-corrected chi connectivity index (χ3v) is 4.02. The van der Waals surface area contributed by atoms with Crippen LogP contribution in [0.1, 0.15) is 36.0 Å². The Morgan fingerprint density at radius 1 is 1.14 bits per heavy atom. The molecule has 0 spiro atoms. The van der Waals surface area contributed by atoms with Crippen LogP contribution in [0.15, 0.2) is 30.3 Å². The van der Waals surface area contributed by atoms with Gasteiger partial charge in [-0.2, -0.15) is 13.2 Å². The van der Waals surface area contributed by atoms with E-state index in [2.05, 4.69) is 0 Å². The number of alkyl halides is 3. The minimum absolute atomic E-state index is 0.0979. The van der Waals surface area contributed by atoms with E-state index in [1.54, 1.807) is 12.1 Å². The van der Waals surface area contributed by atoms with Gasteiger partial charge in [0.25, 0.3) is 0 Å². The molecule has 1 aliphatic rings. The van der Waals surface area contributed by atoms with Gasteiger partial charge >= 0.3 is 6.18 Å². The maximum Gasteiger partial charge on any atom is 0.391 e. The molecule has 0 aromatic heterocycles. The fourth-order valence-electron chi connectivity index (χ4n) is 2.72. The first-order chi connectivity index (χ1) is 9.97. The van der Waals surface area contributed by atoms with Crippen molar-refractivity contribution < 1.29 is 18.0 Å². The number of piperidine rings is 1. The Hall–Kier alpha value is -1.36. The summed E-state index contributed by atoms with van der Waals surface area (Å²) in [6, 6.07) is 9.10. The molecule has 0 saturated carbocycles. The van der Waals surface area contributed by atoms with Gasteiger partial charge in [0.2, 0.25) is 0 Å². The molecule has 0 radical (unpaired) electrons. The van der Waals surface area contributed by atoms with Crippen LogP contribution in [0.25, 0.3) is 0 Å². The lowest BCUT2D eigenvalue weighted by Gasteiger charge is -2.32. The highest BCUT2D eigenvalue weighted by Crippen LogP contribution is 2.34. The number of likely N-dealkylation sites (tertiary alicyclic amines) is 1. The molecule has 0 N–H and O–H groups in total. The van der Waals surface area contributed by atoms with E-state index in [1.165, 1.54) is 0 Å². The van der Waals surface area contributed by atoms with Crippen LogP contribution in [0.2, 0.25) is 0 Å². The van der Waals surface area contributed by atoms with Crippen LogP contribution in [-0.2, 0) is 0 Å². The molecule has 0 bridgehead atoms. The molecule has 1 fully saturated rings. The van der Waals surface area contributed by atoms with Gasteiger partial charge in [0.1, 0.15) is 0 Å². The first-order valence-electron chi connectivity index (χ1n) is 7.34. The number of hydrogen-bond donors (Lipinski definition) is 0. The minimum atomic E-state index is -4.06. The SMILES string of the molecule is O=C(CCCN1CCC(C(F)(F)F)CC1)c1ccccc1. The second kappa shape index (κ2) is 7.07. The summed E-state index contributed by atoms with van der Waals surface area (Å²) in [4.78, 5) is 13.9. The molecule has 1 aromatic carbocycles. The number of halogens is 3. The van der Waals surface area contributed by atoms with Gasteiger partial charge in [-0.3, -0.25) is 4.79 Å². The molecule has 5 heteroatoms. The van der Waals surface area contributed by atoms with E-state index in [1.807, 2.05) is 23.1 Å². The van der Waals surface area contributed by atoms with Crippen molar-refractivity contribution in [1.29, 1.82) is 0 Å². The summed E-state index contributed by atoms with van der Waals surface area (Å²) in [7, 11) is 0. The van der Waals surface area contributed by atoms with Crippen molar-refractivity contribution >= 4 is 5.78 Å². The molecule has 1 heterocycles. The molecular weight excluding hydrogens is 279 g/mol. The molecular formula is C16H20F3NO. The summed E-state index contributed by atoms with van der Waals surface area (Å²) in [6.45, 7) is 1.65. The van der Waals surface area contributed by atoms with Crippen molar-refractivity contribution in [3.63, 3.8) is 0 Å². The van der Waals surface area contributed by atoms with Crippen molar-refractivity contribution in [1.82, 2.24) is 4.90 Å². The minimum Gasteiger partial charge on any atom is -0.303 e. The average molecular weight is 299 g/mol. The second-order valence-corrected chi connectivity index (χ2v) is 5.55. The summed E-state index contributed by atoms with van der Waals surface area (Å²) >= 11 is 0. The summed E-state index contributed by atoms with van der Waals surface area (Å²) < 4.78 is 37.7. The Morgan fingerprint density at radius 2 is 1.76 bits per heavy atom. The molecule has 1 aliphatic heterocycles. The van der Waals surface area contributed by atoms with Crippen LogP contribution in [-0.4, -0.2) is 36.5 Å². The number of rotatable bonds is 5. The number of hydrogen-bond acceptors (Lipinski definition) is 2. The molecule has 1 saturated heterocycles. The van der Waals surface area contributed by atoms with E-state index >= 15 is 0 Å². The Morgan fingerprint density at radius 3 is 2.33 bits per heavy atom. The van der Waals surface area contributed by atoms with E-state index in [4.69, 9.17) is 0 Å². The monoisotopic (exact) mass is 299 g/mol. The average Bonchev–Trinajstić information content (AvgIpc) is 2.47. The van der Waals surface area contributed by atoms with E-state index in [9.17, 15) is 18.0 Å². The highest BCUT2D eigenvalue weighted by Gasteiger charge is 2.40. The van der Waals surface area contributed by atoms with E-state index in [0.29, 0.717) is 38.0 Å². The number of ketones is 1. The van der Waals surface area contributed by atoms with Gasteiger partial charge in [0.05, 0.1) is 5.92 Å². The molecule has 21 heavy (non-hydrogen) atoms. The van der Waals surface area contributed by atoms with E-state index in [-0.39, 0.29) is 18.6 Å². The number of benzene rings is 1. The molecule has 0 amide bonds. The van der Waals surface area contributed by atoms with Gasteiger partial charge in [-0.25, -0.2) is 0 Å². The fourth-order valence-corrected chi connectivity index (χ4v) is 2.72. The Bertz CT molecular complexity index is 450. The molecule has 0 atom stereocenters. The van der Waals surface area contributed by atoms with Gasteiger partial charge in [0.15, 0.2) is 5.78 Å². The number of carbonyl (C=O) groups excluding carboxylic acids is 1. The standard InChI is InChI=1S/C16H20F3NO/c17-16(18,19)14-8-11-20(12-9-14)10-4-7-15(21)13-5-2-1-3-6-13/h1-3,5-6,14H,4,7-12H2. The lowest BCUT2D eigenvalue weighted by molar-refractivity contribution is -0.185. The number of carbonyl (C=O) groups is 1. The predicted octanol–water partition coefficient (Wildman–Crippen LogP) is 3.92. The molecule has 2 rings (SSSR count). The maximum absolute atomic E-state index is 12.6. The maximum atomic E-state index is 12.6. The topological polar surface area (TPSA) is 20.3 Å². The highest BCUT2D eigenvalue weighted by atomic mass is 19.4. The normalized spacial score (nSPS) is 17.9. The lowest BCUT2D eigenvalue weighted by atomic mass is 9.96. The van der Waals surface area contributed by atoms with Crippen LogP contribution < -0.4 is 0 Å². The van der Waals surface area contributed by atoms with Gasteiger partial charge in [-0.05, 0) is 38.9 Å². The van der Waals surface area contributed by atoms with Crippen molar-refractivity contribution in [2.24, 2.45) is 5.92 Å². The Kier molecular flexibility index (Phi) is 5.39. The zero-order valence-corrected chi connectivity index (χ0v) is 11.9. The molecule has 2 nitrogen and oxygen atoms in total.